The molecule has 0 spiro atoms. The highest BCUT2D eigenvalue weighted by atomic mass is 28.4. The van der Waals surface area contributed by atoms with Crippen molar-refractivity contribution in [3.05, 3.63) is 111 Å². The quantitative estimate of drug-likeness (QED) is 0.149. The van der Waals surface area contributed by atoms with E-state index in [4.69, 9.17) is 9.16 Å². The van der Waals surface area contributed by atoms with Crippen LogP contribution in [-0.2, 0) is 23.9 Å². The number of halogens is 1. The van der Waals surface area contributed by atoms with Crippen LogP contribution in [0.4, 0.5) is 4.39 Å². The van der Waals surface area contributed by atoms with Crippen molar-refractivity contribution < 1.29 is 13.6 Å². The first-order valence-electron chi connectivity index (χ1n) is 17.2. The third kappa shape index (κ3) is 7.96. The van der Waals surface area contributed by atoms with Gasteiger partial charge in [0, 0.05) is 18.1 Å². The largest absolute Gasteiger partial charge is 0.490 e. The highest BCUT2D eigenvalue weighted by molar-refractivity contribution is 6.74. The molecule has 0 N–H and O–H groups in total. The third-order valence-corrected chi connectivity index (χ3v) is 14.5. The van der Waals surface area contributed by atoms with Crippen molar-refractivity contribution >= 4 is 8.32 Å². The molecule has 0 unspecified atom stereocenters. The van der Waals surface area contributed by atoms with Gasteiger partial charge in [0.05, 0.1) is 29.1 Å². The van der Waals surface area contributed by atoms with Gasteiger partial charge in [0.25, 0.3) is 5.56 Å². The molecular weight excluding hydrogens is 618 g/mol. The Morgan fingerprint density at radius 1 is 0.958 bits per heavy atom. The molecule has 1 aromatic heterocycles. The molecule has 4 aromatic rings. The molecule has 6 nitrogen and oxygen atoms in total. The van der Waals surface area contributed by atoms with E-state index in [1.165, 1.54) is 4.57 Å². The zero-order chi connectivity index (χ0) is 34.5. The Hall–Kier alpha value is -4.06. The Balaban J connectivity index is 1.33. The molecule has 48 heavy (non-hydrogen) atoms. The number of rotatable bonds is 11. The van der Waals surface area contributed by atoms with Crippen molar-refractivity contribution in [2.75, 3.05) is 0 Å². The predicted molar refractivity (Wildman–Crippen MR) is 193 cm³/mol. The number of aromatic nitrogens is 2. The van der Waals surface area contributed by atoms with E-state index in [0.717, 1.165) is 54.5 Å². The Kier molecular flexibility index (Phi) is 11.0. The topological polar surface area (TPSA) is 77.1 Å². The van der Waals surface area contributed by atoms with Gasteiger partial charge in [-0.15, -0.1) is 0 Å². The molecule has 3 aromatic carbocycles. The summed E-state index contributed by atoms with van der Waals surface area (Å²) >= 11 is 0. The van der Waals surface area contributed by atoms with E-state index in [9.17, 15) is 14.4 Å². The van der Waals surface area contributed by atoms with E-state index in [1.807, 2.05) is 73.7 Å². The molecule has 0 aliphatic heterocycles. The molecule has 1 aliphatic rings. The first-order chi connectivity index (χ1) is 22.9. The second-order valence-electron chi connectivity index (χ2n) is 14.4. The molecule has 0 bridgehead atoms. The van der Waals surface area contributed by atoms with Crippen LogP contribution in [0.15, 0.2) is 77.6 Å². The number of ether oxygens (including phenoxy) is 1. The van der Waals surface area contributed by atoms with Gasteiger partial charge < -0.3 is 9.16 Å². The van der Waals surface area contributed by atoms with Gasteiger partial charge in [0.1, 0.15) is 18.2 Å². The summed E-state index contributed by atoms with van der Waals surface area (Å²) in [7, 11) is -1.80. The fourth-order valence-electron chi connectivity index (χ4n) is 6.19. The van der Waals surface area contributed by atoms with Gasteiger partial charge in [-0.3, -0.25) is 9.36 Å². The van der Waals surface area contributed by atoms with Crippen molar-refractivity contribution in [3.63, 3.8) is 0 Å². The summed E-state index contributed by atoms with van der Waals surface area (Å²) in [5, 5.41) is 9.71. The summed E-state index contributed by atoms with van der Waals surface area (Å²) < 4.78 is 28.8. The summed E-state index contributed by atoms with van der Waals surface area (Å²) in [5.41, 5.74) is 4.86. The summed E-state index contributed by atoms with van der Waals surface area (Å²) in [6, 6.07) is 25.0. The molecule has 0 radical (unpaired) electrons. The predicted octanol–water partition coefficient (Wildman–Crippen LogP) is 9.50. The lowest BCUT2D eigenvalue weighted by Gasteiger charge is -2.41. The summed E-state index contributed by atoms with van der Waals surface area (Å²) in [4.78, 5) is 18.8. The summed E-state index contributed by atoms with van der Waals surface area (Å²) in [6.45, 7) is 12.6. The maximum absolute atomic E-state index is 14.4. The second-order valence-corrected chi connectivity index (χ2v) is 19.2. The molecule has 1 aliphatic carbocycles. The number of aryl methyl sites for hydroxylation is 1. The van der Waals surface area contributed by atoms with Gasteiger partial charge in [-0.1, -0.05) is 76.6 Å². The number of nitrogens with zero attached hydrogens (tertiary/aromatic N) is 3. The molecule has 5 rings (SSSR count). The number of nitriles is 1. The zero-order valence-electron chi connectivity index (χ0n) is 29.2. The zero-order valence-corrected chi connectivity index (χ0v) is 30.2. The van der Waals surface area contributed by atoms with Gasteiger partial charge >= 0.3 is 0 Å². The Labute approximate surface area is 285 Å². The normalized spacial score (nSPS) is 16.8. The van der Waals surface area contributed by atoms with Crippen molar-refractivity contribution in [2.24, 2.45) is 0 Å². The van der Waals surface area contributed by atoms with E-state index in [1.54, 1.807) is 6.07 Å². The molecular formula is C40H48FN3O3Si. The lowest BCUT2D eigenvalue weighted by molar-refractivity contribution is 0.0726. The van der Waals surface area contributed by atoms with Crippen LogP contribution in [-0.4, -0.2) is 30.1 Å². The third-order valence-electron chi connectivity index (χ3n) is 9.92. The van der Waals surface area contributed by atoms with Crippen LogP contribution >= 0.6 is 0 Å². The number of benzene rings is 3. The van der Waals surface area contributed by atoms with Crippen LogP contribution in [0, 0.1) is 11.3 Å². The highest BCUT2D eigenvalue weighted by Crippen LogP contribution is 2.39. The smallest absolute Gasteiger partial charge is 0.261 e. The van der Waals surface area contributed by atoms with Crippen molar-refractivity contribution in [1.29, 1.82) is 5.26 Å². The van der Waals surface area contributed by atoms with E-state index in [-0.39, 0.29) is 28.6 Å². The maximum atomic E-state index is 14.4. The van der Waals surface area contributed by atoms with Crippen LogP contribution in [0.25, 0.3) is 16.8 Å². The number of hydrogen-bond acceptors (Lipinski definition) is 5. The minimum Gasteiger partial charge on any atom is -0.490 e. The Bertz CT molecular complexity index is 1800. The lowest BCUT2D eigenvalue weighted by atomic mass is 9.95. The van der Waals surface area contributed by atoms with E-state index < -0.39 is 15.0 Å². The first-order valence-corrected chi connectivity index (χ1v) is 20.1. The number of alkyl halides is 1. The number of hydrogen-bond donors (Lipinski definition) is 0. The van der Waals surface area contributed by atoms with E-state index >= 15 is 0 Å². The minimum absolute atomic E-state index is 0.101. The second kappa shape index (κ2) is 15.0. The summed E-state index contributed by atoms with van der Waals surface area (Å²) in [5.74, 6) is 0.834. The Morgan fingerprint density at radius 2 is 1.60 bits per heavy atom. The lowest BCUT2D eigenvalue weighted by Crippen LogP contribution is -2.45. The van der Waals surface area contributed by atoms with Crippen molar-refractivity contribution in [1.82, 2.24) is 9.55 Å². The SMILES string of the molecule is CCCc1nc(CF)n(-c2ccc(OC3CCC(O[Si](C)(C)C(C)(C)C)CC3)cc2)c(=O)c1Cc1ccc(-c2ccccc2C#N)cc1. The maximum Gasteiger partial charge on any atom is 0.261 e. The Morgan fingerprint density at radius 3 is 2.21 bits per heavy atom. The van der Waals surface area contributed by atoms with Gasteiger partial charge in [-0.2, -0.15) is 5.26 Å². The average molecular weight is 666 g/mol. The van der Waals surface area contributed by atoms with E-state index in [0.29, 0.717) is 35.3 Å². The van der Waals surface area contributed by atoms with E-state index in [2.05, 4.69) is 44.9 Å². The van der Waals surface area contributed by atoms with Gasteiger partial charge in [-0.05, 0) is 97.3 Å². The molecule has 252 valence electrons. The van der Waals surface area contributed by atoms with Gasteiger partial charge in [-0.25, -0.2) is 9.37 Å². The van der Waals surface area contributed by atoms with Crippen molar-refractivity contribution in [2.45, 2.75) is 110 Å². The highest BCUT2D eigenvalue weighted by Gasteiger charge is 2.40. The van der Waals surface area contributed by atoms with Crippen LogP contribution in [0.1, 0.15) is 88.0 Å². The average Bonchev–Trinajstić information content (AvgIpc) is 3.07. The molecule has 1 heterocycles. The standard InChI is InChI=1S/C40H48FN3O3Si/c1-7-10-37-36(25-28-13-15-29(16-14-28)35-12-9-8-11-30(35)27-42)39(45)44(38(26-41)43-37)31-17-19-32(20-18-31)46-33-21-23-34(24-22-33)47-48(5,6)40(2,3)4/h8-9,11-20,33-34H,7,10,21-26H2,1-6H3. The molecule has 0 atom stereocenters. The summed E-state index contributed by atoms with van der Waals surface area (Å²) in [6.07, 6.45) is 5.98. The molecule has 0 saturated heterocycles. The van der Waals surface area contributed by atoms with Crippen LogP contribution in [0.2, 0.25) is 18.1 Å². The molecule has 1 saturated carbocycles. The fraction of sp³-hybridized carbons (Fsp3) is 0.425. The van der Waals surface area contributed by atoms with Crippen LogP contribution in [0.5, 0.6) is 5.75 Å². The molecule has 1 fully saturated rings. The van der Waals surface area contributed by atoms with Gasteiger partial charge in [0.2, 0.25) is 0 Å². The van der Waals surface area contributed by atoms with Crippen molar-refractivity contribution in [3.8, 4) is 28.6 Å². The van der Waals surface area contributed by atoms with Crippen LogP contribution < -0.4 is 10.3 Å². The van der Waals surface area contributed by atoms with Crippen LogP contribution in [0.3, 0.4) is 0 Å². The molecule has 0 amide bonds. The molecule has 8 heteroatoms. The fourth-order valence-corrected chi connectivity index (χ4v) is 7.61. The first kappa shape index (κ1) is 35.2. The monoisotopic (exact) mass is 665 g/mol. The minimum atomic E-state index is -1.80. The van der Waals surface area contributed by atoms with Gasteiger partial charge in [0.15, 0.2) is 8.32 Å².